The van der Waals surface area contributed by atoms with Gasteiger partial charge in [-0.25, -0.2) is 0 Å². The molecule has 1 fully saturated rings. The van der Waals surface area contributed by atoms with Crippen molar-refractivity contribution in [2.75, 3.05) is 19.4 Å². The lowest BCUT2D eigenvalue weighted by molar-refractivity contribution is -0.343. The molecule has 0 aromatic heterocycles. The highest BCUT2D eigenvalue weighted by molar-refractivity contribution is 7.51. The quantitative estimate of drug-likeness (QED) is 0.319. The number of aliphatic carboxylic acids is 1. The summed E-state index contributed by atoms with van der Waals surface area (Å²) in [6.45, 7) is -1.72. The fraction of sp³-hybridized carbons (Fsp3) is 0.875. The zero-order valence-electron chi connectivity index (χ0n) is 11.3. The number of aliphatic hydroxyl groups excluding tert-OH is 2. The first kappa shape index (κ1) is 20.6. The Kier molecular flexibility index (Phi) is 7.26. The van der Waals surface area contributed by atoms with Gasteiger partial charge in [-0.15, -0.1) is 0 Å². The fourth-order valence-corrected chi connectivity index (χ4v) is 2.88. The maximum atomic E-state index is 11.5. The SMILES string of the molecule is O=C([O-])CNCP(=O)([O-])O[C@H]1O[C@H](COP(=O)([O-])[O-])[C@@H](O)[C@H]1O. The van der Waals surface area contributed by atoms with Gasteiger partial charge < -0.3 is 63.0 Å². The van der Waals surface area contributed by atoms with Crippen molar-refractivity contribution in [3.05, 3.63) is 0 Å². The summed E-state index contributed by atoms with van der Waals surface area (Å²) in [4.78, 5) is 42.3. The lowest BCUT2D eigenvalue weighted by Crippen LogP contribution is -2.38. The molecule has 1 heterocycles. The fourth-order valence-electron chi connectivity index (χ4n) is 1.59. The number of hydrogen-bond donors (Lipinski definition) is 3. The second-order valence-corrected chi connectivity index (χ2v) is 7.34. The first-order chi connectivity index (χ1) is 10.4. The van der Waals surface area contributed by atoms with Crippen LogP contribution in [0.5, 0.6) is 0 Å². The number of carbonyl (C=O) groups is 1. The van der Waals surface area contributed by atoms with Crippen LogP contribution in [0.15, 0.2) is 0 Å². The molecule has 1 aliphatic rings. The van der Waals surface area contributed by atoms with Gasteiger partial charge in [-0.1, -0.05) is 0 Å². The Morgan fingerprint density at radius 2 is 1.83 bits per heavy atom. The maximum absolute atomic E-state index is 11.5. The first-order valence-electron chi connectivity index (χ1n) is 5.98. The zero-order valence-corrected chi connectivity index (χ0v) is 13.1. The van der Waals surface area contributed by atoms with E-state index < -0.39 is 65.4 Å². The normalized spacial score (nSPS) is 31.0. The molecule has 0 saturated carbocycles. The van der Waals surface area contributed by atoms with E-state index in [4.69, 9.17) is 4.74 Å². The van der Waals surface area contributed by atoms with Gasteiger partial charge in [0.2, 0.25) is 0 Å². The number of carboxylic acids is 1. The maximum Gasteiger partial charge on any atom is 0.192 e. The van der Waals surface area contributed by atoms with Crippen molar-refractivity contribution in [1.29, 1.82) is 0 Å². The smallest absolute Gasteiger partial charge is 0.192 e. The van der Waals surface area contributed by atoms with Crippen molar-refractivity contribution < 1.29 is 57.7 Å². The Morgan fingerprint density at radius 3 is 2.35 bits per heavy atom. The van der Waals surface area contributed by atoms with Gasteiger partial charge in [0, 0.05) is 6.54 Å². The van der Waals surface area contributed by atoms with Crippen LogP contribution in [0.1, 0.15) is 0 Å². The molecule has 0 aromatic rings. The molecule has 5 atom stereocenters. The van der Waals surface area contributed by atoms with E-state index >= 15 is 0 Å². The van der Waals surface area contributed by atoms with Crippen LogP contribution in [0.4, 0.5) is 0 Å². The second kappa shape index (κ2) is 8.10. The summed E-state index contributed by atoms with van der Waals surface area (Å²) in [5.41, 5.74) is 0. The molecule has 0 bridgehead atoms. The molecule has 15 heteroatoms. The monoisotopic (exact) mass is 377 g/mol. The highest BCUT2D eigenvalue weighted by Crippen LogP contribution is 2.41. The van der Waals surface area contributed by atoms with Gasteiger partial charge in [-0.3, -0.25) is 0 Å². The Morgan fingerprint density at radius 1 is 1.22 bits per heavy atom. The topological polar surface area (TPSA) is 224 Å². The molecular formula is C8H13NO12P2-4. The number of aliphatic hydroxyl groups is 2. The molecule has 1 rings (SSSR count). The summed E-state index contributed by atoms with van der Waals surface area (Å²) in [7, 11) is -10.1. The predicted octanol–water partition coefficient (Wildman–Crippen LogP) is -5.85. The average molecular weight is 377 g/mol. The largest absolute Gasteiger partial charge is 0.790 e. The number of hydrogen-bond acceptors (Lipinski definition) is 13. The lowest BCUT2D eigenvalue weighted by Gasteiger charge is -2.30. The van der Waals surface area contributed by atoms with Gasteiger partial charge in [-0.2, -0.15) is 0 Å². The molecule has 1 unspecified atom stereocenters. The van der Waals surface area contributed by atoms with Crippen LogP contribution in [0, 0.1) is 0 Å². The van der Waals surface area contributed by atoms with Crippen LogP contribution in [-0.4, -0.2) is 60.2 Å². The van der Waals surface area contributed by atoms with E-state index in [-0.39, 0.29) is 0 Å². The number of carbonyl (C=O) groups excluding carboxylic acids is 1. The van der Waals surface area contributed by atoms with Gasteiger partial charge in [-0.05, 0) is 0 Å². The molecule has 0 aliphatic carbocycles. The first-order valence-corrected chi connectivity index (χ1v) is 9.17. The third-order valence-electron chi connectivity index (χ3n) is 2.55. The number of phosphoric ester groups is 1. The van der Waals surface area contributed by atoms with E-state index in [1.807, 2.05) is 5.32 Å². The number of phosphoric acid groups is 1. The number of carboxylic acid groups (broad SMARTS) is 1. The van der Waals surface area contributed by atoms with Crippen LogP contribution >= 0.6 is 15.4 Å². The molecule has 136 valence electrons. The molecule has 3 N–H and O–H groups in total. The Hall–Kier alpha value is -0.430. The zero-order chi connectivity index (χ0) is 17.8. The molecule has 0 aromatic carbocycles. The molecule has 0 radical (unpaired) electrons. The lowest BCUT2D eigenvalue weighted by atomic mass is 10.1. The minimum absolute atomic E-state index is 0.773. The van der Waals surface area contributed by atoms with E-state index in [0.29, 0.717) is 0 Å². The van der Waals surface area contributed by atoms with Crippen molar-refractivity contribution in [3.8, 4) is 0 Å². The summed E-state index contributed by atoms with van der Waals surface area (Å²) >= 11 is 0. The molecule has 0 spiro atoms. The van der Waals surface area contributed by atoms with E-state index in [0.717, 1.165) is 0 Å². The molecular weight excluding hydrogens is 364 g/mol. The summed E-state index contributed by atoms with van der Waals surface area (Å²) < 4.78 is 34.9. The highest BCUT2D eigenvalue weighted by Gasteiger charge is 2.44. The predicted molar refractivity (Wildman–Crippen MR) is 60.8 cm³/mol. The summed E-state index contributed by atoms with van der Waals surface area (Å²) in [6.07, 6.45) is -7.99. The van der Waals surface area contributed by atoms with Crippen molar-refractivity contribution in [2.45, 2.75) is 24.6 Å². The number of nitrogens with one attached hydrogen (secondary N) is 1. The van der Waals surface area contributed by atoms with E-state index in [9.17, 15) is 43.9 Å². The second-order valence-electron chi connectivity index (χ2n) is 4.44. The Labute approximate surface area is 129 Å². The average Bonchev–Trinajstić information content (AvgIpc) is 2.62. The van der Waals surface area contributed by atoms with Gasteiger partial charge in [0.25, 0.3) is 0 Å². The minimum atomic E-state index is -5.35. The van der Waals surface area contributed by atoms with E-state index in [2.05, 4.69) is 9.05 Å². The van der Waals surface area contributed by atoms with Gasteiger partial charge in [0.1, 0.15) is 18.3 Å². The Balaban J connectivity index is 2.55. The van der Waals surface area contributed by atoms with Gasteiger partial charge >= 0.3 is 0 Å². The number of ether oxygens (including phenoxy) is 1. The van der Waals surface area contributed by atoms with Crippen LogP contribution in [0.25, 0.3) is 0 Å². The third-order valence-corrected chi connectivity index (χ3v) is 4.16. The van der Waals surface area contributed by atoms with E-state index in [1.165, 1.54) is 0 Å². The molecule has 1 aliphatic heterocycles. The van der Waals surface area contributed by atoms with Crippen LogP contribution < -0.4 is 25.1 Å². The van der Waals surface area contributed by atoms with E-state index in [1.54, 1.807) is 0 Å². The standard InChI is InChI=1S/C8H17NO12P2/c10-5(11)1-9-3-22(14,15)21-8-7(13)6(12)4(20-8)2-19-23(16,17)18/h4,6-9,12-13H,1-3H2,(H,10,11)(H,14,15)(H2,16,17,18)/p-4/t4-,6-,7-,8-/m1/s1. The van der Waals surface area contributed by atoms with Gasteiger partial charge in [0.05, 0.1) is 26.7 Å². The van der Waals surface area contributed by atoms with Crippen molar-refractivity contribution in [1.82, 2.24) is 5.32 Å². The van der Waals surface area contributed by atoms with Crippen LogP contribution in [0.2, 0.25) is 0 Å². The molecule has 13 nitrogen and oxygen atoms in total. The van der Waals surface area contributed by atoms with Crippen LogP contribution in [-0.2, 0) is 27.7 Å². The molecule has 23 heavy (non-hydrogen) atoms. The van der Waals surface area contributed by atoms with Crippen LogP contribution in [0.3, 0.4) is 0 Å². The summed E-state index contributed by atoms with van der Waals surface area (Å²) in [6, 6.07) is 0. The molecule has 0 amide bonds. The van der Waals surface area contributed by atoms with Crippen molar-refractivity contribution >= 4 is 21.4 Å². The van der Waals surface area contributed by atoms with Crippen molar-refractivity contribution in [3.63, 3.8) is 0 Å². The van der Waals surface area contributed by atoms with Crippen molar-refractivity contribution in [2.24, 2.45) is 0 Å². The highest BCUT2D eigenvalue weighted by atomic mass is 31.2. The third kappa shape index (κ3) is 7.33. The minimum Gasteiger partial charge on any atom is -0.790 e. The summed E-state index contributed by atoms with van der Waals surface area (Å²) in [5, 5.41) is 31.2. The molecule has 1 saturated heterocycles. The number of rotatable bonds is 9. The Bertz CT molecular complexity index is 507. The van der Waals surface area contributed by atoms with Gasteiger partial charge in [0.15, 0.2) is 13.9 Å². The summed E-state index contributed by atoms with van der Waals surface area (Å²) in [5.74, 6) is -1.56.